The van der Waals surface area contributed by atoms with Crippen LogP contribution in [0.2, 0.25) is 0 Å². The zero-order chi connectivity index (χ0) is 16.1. The third-order valence-corrected chi connectivity index (χ3v) is 7.41. The van der Waals surface area contributed by atoms with Crippen molar-refractivity contribution in [2.24, 2.45) is 35.5 Å². The van der Waals surface area contributed by atoms with Crippen LogP contribution >= 0.6 is 0 Å². The molecule has 0 radical (unpaired) electrons. The lowest BCUT2D eigenvalue weighted by molar-refractivity contribution is 0.155. The fourth-order valence-electron chi connectivity index (χ4n) is 5.44. The van der Waals surface area contributed by atoms with Crippen LogP contribution in [-0.4, -0.2) is 0 Å². The van der Waals surface area contributed by atoms with Crippen molar-refractivity contribution in [2.45, 2.75) is 97.3 Å². The topological polar surface area (TPSA) is 0 Å². The van der Waals surface area contributed by atoms with E-state index in [-0.39, 0.29) is 0 Å². The lowest BCUT2D eigenvalue weighted by atomic mass is 9.69. The Morgan fingerprint density at radius 2 is 1.04 bits per heavy atom. The van der Waals surface area contributed by atoms with E-state index >= 15 is 0 Å². The number of hydrogen-bond donors (Lipinski definition) is 0. The quantitative estimate of drug-likeness (QED) is 0.489. The van der Waals surface area contributed by atoms with E-state index in [2.05, 4.69) is 25.7 Å². The van der Waals surface area contributed by atoms with Gasteiger partial charge in [-0.15, -0.1) is 0 Å². The molecule has 0 N–H and O–H groups in total. The predicted octanol–water partition coefficient (Wildman–Crippen LogP) is 6.84. The van der Waals surface area contributed by atoms with E-state index in [1.165, 1.54) is 83.5 Å². The van der Waals surface area contributed by atoms with Crippen molar-refractivity contribution in [2.75, 3.05) is 0 Å². The minimum atomic E-state index is 0.730. The van der Waals surface area contributed by atoms with Gasteiger partial charge < -0.3 is 0 Å². The van der Waals surface area contributed by atoms with Gasteiger partial charge in [-0.25, -0.2) is 0 Å². The summed E-state index contributed by atoms with van der Waals surface area (Å²) in [6, 6.07) is 0. The molecule has 0 unspecified atom stereocenters. The first-order valence-corrected chi connectivity index (χ1v) is 10.8. The van der Waals surface area contributed by atoms with Crippen molar-refractivity contribution in [1.82, 2.24) is 0 Å². The van der Waals surface area contributed by atoms with Gasteiger partial charge in [-0.1, -0.05) is 45.0 Å². The van der Waals surface area contributed by atoms with E-state index in [4.69, 9.17) is 0 Å². The Kier molecular flexibility index (Phi) is 6.50. The highest BCUT2D eigenvalue weighted by Gasteiger charge is 2.30. The molecular weight excluding hydrogens is 276 g/mol. The Morgan fingerprint density at radius 1 is 0.609 bits per heavy atom. The molecule has 0 atom stereocenters. The number of hydrogen-bond acceptors (Lipinski definition) is 0. The Hall–Kier alpha value is -0.440. The molecule has 3 aliphatic carbocycles. The van der Waals surface area contributed by atoms with Crippen LogP contribution < -0.4 is 0 Å². The van der Waals surface area contributed by atoms with E-state index in [9.17, 15) is 0 Å². The molecular formula is C23H38. The first kappa shape index (κ1) is 17.4. The maximum atomic E-state index is 3.70. The van der Waals surface area contributed by atoms with Crippen LogP contribution in [0, 0.1) is 47.3 Å². The Balaban J connectivity index is 1.39. The Morgan fingerprint density at radius 3 is 1.52 bits per heavy atom. The molecule has 0 aromatic rings. The van der Waals surface area contributed by atoms with Gasteiger partial charge >= 0.3 is 0 Å². The summed E-state index contributed by atoms with van der Waals surface area (Å²) in [4.78, 5) is 0. The smallest absolute Gasteiger partial charge is 0.0203 e. The van der Waals surface area contributed by atoms with Gasteiger partial charge in [-0.3, -0.25) is 0 Å². The molecule has 0 saturated heterocycles. The van der Waals surface area contributed by atoms with Crippen LogP contribution in [0.1, 0.15) is 97.3 Å². The van der Waals surface area contributed by atoms with Crippen LogP contribution in [0.15, 0.2) is 0 Å². The van der Waals surface area contributed by atoms with Gasteiger partial charge in [-0.05, 0) is 87.9 Å². The van der Waals surface area contributed by atoms with Gasteiger partial charge in [0.2, 0.25) is 0 Å². The molecule has 0 aromatic heterocycles. The maximum Gasteiger partial charge on any atom is 0.0203 e. The van der Waals surface area contributed by atoms with Crippen molar-refractivity contribution in [3.8, 4) is 11.8 Å². The first-order valence-electron chi connectivity index (χ1n) is 10.8. The zero-order valence-electron chi connectivity index (χ0n) is 15.7. The van der Waals surface area contributed by atoms with Crippen LogP contribution in [0.25, 0.3) is 0 Å². The molecule has 0 heteroatoms. The SMILES string of the molecule is CCC1CCC(C2CCC(C#CC3CCC(C)CC3)CC2)CC1. The van der Waals surface area contributed by atoms with Crippen LogP contribution in [0.3, 0.4) is 0 Å². The van der Waals surface area contributed by atoms with Crippen molar-refractivity contribution in [1.29, 1.82) is 0 Å². The summed E-state index contributed by atoms with van der Waals surface area (Å²) in [5, 5.41) is 0. The summed E-state index contributed by atoms with van der Waals surface area (Å²) in [5.74, 6) is 12.9. The summed E-state index contributed by atoms with van der Waals surface area (Å²) < 4.78 is 0. The molecule has 130 valence electrons. The summed E-state index contributed by atoms with van der Waals surface area (Å²) in [6.45, 7) is 4.78. The lowest BCUT2D eigenvalue weighted by Gasteiger charge is -2.37. The summed E-state index contributed by atoms with van der Waals surface area (Å²) >= 11 is 0. The minimum Gasteiger partial charge on any atom is -0.0996 e. The molecule has 0 aliphatic heterocycles. The molecule has 3 fully saturated rings. The summed E-state index contributed by atoms with van der Waals surface area (Å²) in [6.07, 6.45) is 18.8. The molecule has 0 nitrogen and oxygen atoms in total. The highest BCUT2D eigenvalue weighted by Crippen LogP contribution is 2.41. The average Bonchev–Trinajstić information content (AvgIpc) is 2.62. The summed E-state index contributed by atoms with van der Waals surface area (Å²) in [7, 11) is 0. The summed E-state index contributed by atoms with van der Waals surface area (Å²) in [5.41, 5.74) is 0. The largest absolute Gasteiger partial charge is 0.0996 e. The Bertz CT molecular complexity index is 387. The van der Waals surface area contributed by atoms with Crippen molar-refractivity contribution in [3.05, 3.63) is 0 Å². The standard InChI is InChI=1S/C23H38/c1-3-19-10-14-22(15-11-19)23-16-12-21(13-17-23)9-8-20-6-4-18(2)5-7-20/h18-23H,3-7,10-17H2,1-2H3. The Labute approximate surface area is 145 Å². The molecule has 0 amide bonds. The maximum absolute atomic E-state index is 3.70. The minimum absolute atomic E-state index is 0.730. The third-order valence-electron chi connectivity index (χ3n) is 7.41. The van der Waals surface area contributed by atoms with Gasteiger partial charge in [0.05, 0.1) is 0 Å². The first-order chi connectivity index (χ1) is 11.2. The fourth-order valence-corrected chi connectivity index (χ4v) is 5.44. The number of rotatable bonds is 2. The van der Waals surface area contributed by atoms with Crippen molar-refractivity contribution in [3.63, 3.8) is 0 Å². The van der Waals surface area contributed by atoms with Gasteiger partial charge in [0, 0.05) is 11.8 Å². The second kappa shape index (κ2) is 8.60. The fraction of sp³-hybridized carbons (Fsp3) is 0.913. The van der Waals surface area contributed by atoms with Crippen molar-refractivity contribution < 1.29 is 0 Å². The molecule has 0 bridgehead atoms. The molecule has 3 saturated carbocycles. The second-order valence-electron chi connectivity index (χ2n) is 9.05. The monoisotopic (exact) mass is 314 g/mol. The lowest BCUT2D eigenvalue weighted by Crippen LogP contribution is -2.25. The highest BCUT2D eigenvalue weighted by molar-refractivity contribution is 5.09. The molecule has 23 heavy (non-hydrogen) atoms. The van der Waals surface area contributed by atoms with E-state index in [0.717, 1.165) is 35.5 Å². The van der Waals surface area contributed by atoms with E-state index in [1.807, 2.05) is 0 Å². The predicted molar refractivity (Wildman–Crippen MR) is 100 cm³/mol. The molecule has 0 spiro atoms. The normalized spacial score (nSPS) is 41.8. The van der Waals surface area contributed by atoms with Gasteiger partial charge in [0.15, 0.2) is 0 Å². The van der Waals surface area contributed by atoms with E-state index in [1.54, 1.807) is 0 Å². The van der Waals surface area contributed by atoms with Gasteiger partial charge in [0.25, 0.3) is 0 Å². The average molecular weight is 315 g/mol. The molecule has 3 aliphatic rings. The van der Waals surface area contributed by atoms with Crippen molar-refractivity contribution >= 4 is 0 Å². The van der Waals surface area contributed by atoms with E-state index in [0.29, 0.717) is 0 Å². The second-order valence-corrected chi connectivity index (χ2v) is 9.05. The third kappa shape index (κ3) is 5.01. The zero-order valence-corrected chi connectivity index (χ0v) is 15.7. The molecule has 0 aromatic carbocycles. The molecule has 0 heterocycles. The molecule has 3 rings (SSSR count). The van der Waals surface area contributed by atoms with Crippen LogP contribution in [0.4, 0.5) is 0 Å². The van der Waals surface area contributed by atoms with Gasteiger partial charge in [-0.2, -0.15) is 0 Å². The highest BCUT2D eigenvalue weighted by atomic mass is 14.3. The van der Waals surface area contributed by atoms with E-state index < -0.39 is 0 Å². The van der Waals surface area contributed by atoms with Gasteiger partial charge in [0.1, 0.15) is 0 Å². The van der Waals surface area contributed by atoms with Crippen LogP contribution in [0.5, 0.6) is 0 Å². The van der Waals surface area contributed by atoms with Crippen LogP contribution in [-0.2, 0) is 0 Å².